The van der Waals surface area contributed by atoms with Gasteiger partial charge < -0.3 is 9.84 Å². The molecule has 0 aromatic rings. The number of aliphatic carboxylic acids is 1. The summed E-state index contributed by atoms with van der Waals surface area (Å²) in [5.41, 5.74) is -1.41. The van der Waals surface area contributed by atoms with E-state index >= 15 is 0 Å². The molecule has 0 heterocycles. The fraction of sp³-hybridized carbons (Fsp3) is 0.692. The van der Waals surface area contributed by atoms with Crippen molar-refractivity contribution in [2.75, 3.05) is 7.05 Å². The highest BCUT2D eigenvalue weighted by Gasteiger charge is 2.39. The normalized spacial score (nSPS) is 13.7. The van der Waals surface area contributed by atoms with Gasteiger partial charge in [0.1, 0.15) is 11.6 Å². The van der Waals surface area contributed by atoms with Gasteiger partial charge in [0.15, 0.2) is 0 Å². The van der Waals surface area contributed by atoms with Crippen molar-refractivity contribution >= 4 is 12.1 Å². The Kier molecular flexibility index (Phi) is 4.96. The standard InChI is InChI=1S/C13H23NO4/c1-8-13(5,6)9(10(15)16)14(7)11(17)18-12(2,3)4/h8-9H,1H2,2-7H3,(H,15,16)/t9-/m1/s1. The van der Waals surface area contributed by atoms with Crippen LogP contribution in [0.15, 0.2) is 12.7 Å². The highest BCUT2D eigenvalue weighted by molar-refractivity contribution is 5.81. The van der Waals surface area contributed by atoms with Crippen LogP contribution in [0.1, 0.15) is 34.6 Å². The number of hydrogen-bond donors (Lipinski definition) is 1. The number of amides is 1. The van der Waals surface area contributed by atoms with E-state index in [2.05, 4.69) is 6.58 Å². The average Bonchev–Trinajstić information content (AvgIpc) is 2.14. The van der Waals surface area contributed by atoms with Crippen LogP contribution < -0.4 is 0 Å². The van der Waals surface area contributed by atoms with Crippen LogP contribution in [0, 0.1) is 5.41 Å². The predicted octanol–water partition coefficient (Wildman–Crippen LogP) is 2.52. The van der Waals surface area contributed by atoms with Crippen LogP contribution in [0.5, 0.6) is 0 Å². The molecule has 0 aromatic carbocycles. The van der Waals surface area contributed by atoms with Gasteiger partial charge in [0.2, 0.25) is 0 Å². The molecule has 104 valence electrons. The molecule has 0 fully saturated rings. The summed E-state index contributed by atoms with van der Waals surface area (Å²) in [5.74, 6) is -1.09. The second-order valence-electron chi connectivity index (χ2n) is 5.86. The van der Waals surface area contributed by atoms with Gasteiger partial charge in [-0.25, -0.2) is 9.59 Å². The first kappa shape index (κ1) is 16.5. The van der Waals surface area contributed by atoms with Gasteiger partial charge in [-0.3, -0.25) is 4.90 Å². The van der Waals surface area contributed by atoms with Crippen molar-refractivity contribution in [2.24, 2.45) is 5.41 Å². The van der Waals surface area contributed by atoms with Gasteiger partial charge >= 0.3 is 12.1 Å². The van der Waals surface area contributed by atoms with Crippen LogP contribution in [0.25, 0.3) is 0 Å². The molecule has 0 aliphatic carbocycles. The van der Waals surface area contributed by atoms with Crippen LogP contribution in [0.3, 0.4) is 0 Å². The zero-order chi connectivity index (χ0) is 14.7. The lowest BCUT2D eigenvalue weighted by Gasteiger charge is -2.36. The van der Waals surface area contributed by atoms with Crippen molar-refractivity contribution in [1.82, 2.24) is 4.90 Å². The summed E-state index contributed by atoms with van der Waals surface area (Å²) in [6.45, 7) is 12.2. The Hall–Kier alpha value is -1.52. The van der Waals surface area contributed by atoms with E-state index in [0.29, 0.717) is 0 Å². The van der Waals surface area contributed by atoms with Crippen LogP contribution in [0.2, 0.25) is 0 Å². The Bertz CT molecular complexity index is 341. The third kappa shape index (κ3) is 4.39. The quantitative estimate of drug-likeness (QED) is 0.786. The van der Waals surface area contributed by atoms with Crippen molar-refractivity contribution < 1.29 is 19.4 Å². The number of nitrogens with zero attached hydrogens (tertiary/aromatic N) is 1. The highest BCUT2D eigenvalue weighted by atomic mass is 16.6. The monoisotopic (exact) mass is 257 g/mol. The molecule has 5 heteroatoms. The maximum atomic E-state index is 11.9. The second kappa shape index (κ2) is 5.42. The lowest BCUT2D eigenvalue weighted by molar-refractivity contribution is -0.145. The first-order valence-electron chi connectivity index (χ1n) is 5.74. The zero-order valence-corrected chi connectivity index (χ0v) is 12.0. The predicted molar refractivity (Wildman–Crippen MR) is 69.4 cm³/mol. The molecule has 0 aromatic heterocycles. The van der Waals surface area contributed by atoms with Gasteiger partial charge in [0.05, 0.1) is 0 Å². The van der Waals surface area contributed by atoms with Crippen molar-refractivity contribution in [3.05, 3.63) is 12.7 Å². The molecule has 1 amide bonds. The van der Waals surface area contributed by atoms with Crippen molar-refractivity contribution in [1.29, 1.82) is 0 Å². The fourth-order valence-electron chi connectivity index (χ4n) is 1.53. The van der Waals surface area contributed by atoms with Crippen molar-refractivity contribution in [3.63, 3.8) is 0 Å². The summed E-state index contributed by atoms with van der Waals surface area (Å²) in [6, 6.07) is -1.02. The SMILES string of the molecule is C=CC(C)(C)[C@@H](C(=O)O)N(C)C(=O)OC(C)(C)C. The van der Waals surface area contributed by atoms with Crippen molar-refractivity contribution in [3.8, 4) is 0 Å². The Morgan fingerprint density at radius 2 is 1.72 bits per heavy atom. The molecule has 1 N–H and O–H groups in total. The van der Waals surface area contributed by atoms with Gasteiger partial charge in [-0.2, -0.15) is 0 Å². The summed E-state index contributed by atoms with van der Waals surface area (Å²) in [4.78, 5) is 24.3. The van der Waals surface area contributed by atoms with Gasteiger partial charge in [-0.15, -0.1) is 6.58 Å². The summed E-state index contributed by atoms with van der Waals surface area (Å²) < 4.78 is 5.16. The maximum absolute atomic E-state index is 11.9. The first-order chi connectivity index (χ1) is 7.92. The molecule has 0 rings (SSSR count). The van der Waals surface area contributed by atoms with Gasteiger partial charge in [0, 0.05) is 12.5 Å². The molecular weight excluding hydrogens is 234 g/mol. The van der Waals surface area contributed by atoms with E-state index in [-0.39, 0.29) is 0 Å². The molecule has 0 radical (unpaired) electrons. The minimum absolute atomic E-state index is 0.660. The molecule has 5 nitrogen and oxygen atoms in total. The number of carbonyl (C=O) groups excluding carboxylic acids is 1. The number of likely N-dealkylation sites (N-methyl/N-ethyl adjacent to an activating group) is 1. The number of carbonyl (C=O) groups is 2. The molecule has 0 aliphatic heterocycles. The molecule has 0 spiro atoms. The molecule has 0 unspecified atom stereocenters. The van der Waals surface area contributed by atoms with Crippen LogP contribution in [0.4, 0.5) is 4.79 Å². The van der Waals surface area contributed by atoms with E-state index in [1.807, 2.05) is 0 Å². The van der Waals surface area contributed by atoms with Gasteiger partial charge in [-0.05, 0) is 20.8 Å². The first-order valence-corrected chi connectivity index (χ1v) is 5.74. The van der Waals surface area contributed by atoms with E-state index in [0.717, 1.165) is 4.90 Å². The van der Waals surface area contributed by atoms with E-state index < -0.39 is 29.1 Å². The largest absolute Gasteiger partial charge is 0.480 e. The number of rotatable bonds is 4. The number of carboxylic acids is 1. The Labute approximate surface area is 108 Å². The highest BCUT2D eigenvalue weighted by Crippen LogP contribution is 2.27. The number of hydrogen-bond acceptors (Lipinski definition) is 3. The van der Waals surface area contributed by atoms with E-state index in [1.54, 1.807) is 34.6 Å². The molecule has 0 aliphatic rings. The Morgan fingerprint density at radius 3 is 2.00 bits per heavy atom. The lowest BCUT2D eigenvalue weighted by atomic mass is 9.84. The second-order valence-corrected chi connectivity index (χ2v) is 5.86. The third-order valence-corrected chi connectivity index (χ3v) is 2.53. The van der Waals surface area contributed by atoms with Crippen LogP contribution in [-0.4, -0.2) is 40.8 Å². The molecule has 0 saturated carbocycles. The summed E-state index contributed by atoms with van der Waals surface area (Å²) in [6.07, 6.45) is 0.858. The molecule has 18 heavy (non-hydrogen) atoms. The van der Waals surface area contributed by atoms with Crippen LogP contribution >= 0.6 is 0 Å². The molecule has 0 bridgehead atoms. The van der Waals surface area contributed by atoms with Gasteiger partial charge in [0.25, 0.3) is 0 Å². The summed E-state index contributed by atoms with van der Waals surface area (Å²) in [7, 11) is 1.41. The number of ether oxygens (including phenoxy) is 1. The fourth-order valence-corrected chi connectivity index (χ4v) is 1.53. The summed E-state index contributed by atoms with van der Waals surface area (Å²) >= 11 is 0. The molecular formula is C13H23NO4. The minimum Gasteiger partial charge on any atom is -0.480 e. The van der Waals surface area contributed by atoms with Gasteiger partial charge in [-0.1, -0.05) is 19.9 Å². The molecule has 1 atom stereocenters. The minimum atomic E-state index is -1.09. The van der Waals surface area contributed by atoms with E-state index in [1.165, 1.54) is 13.1 Å². The Balaban J connectivity index is 5.12. The van der Waals surface area contributed by atoms with E-state index in [9.17, 15) is 14.7 Å². The third-order valence-electron chi connectivity index (χ3n) is 2.53. The average molecular weight is 257 g/mol. The van der Waals surface area contributed by atoms with Crippen molar-refractivity contribution in [2.45, 2.75) is 46.3 Å². The summed E-state index contributed by atoms with van der Waals surface area (Å²) in [5, 5.41) is 9.26. The Morgan fingerprint density at radius 1 is 1.28 bits per heavy atom. The van der Waals surface area contributed by atoms with E-state index in [4.69, 9.17) is 4.74 Å². The topological polar surface area (TPSA) is 66.8 Å². The maximum Gasteiger partial charge on any atom is 0.410 e. The number of carboxylic acid groups (broad SMARTS) is 1. The smallest absolute Gasteiger partial charge is 0.410 e. The van der Waals surface area contributed by atoms with Crippen LogP contribution in [-0.2, 0) is 9.53 Å². The zero-order valence-electron chi connectivity index (χ0n) is 12.0. The molecule has 0 saturated heterocycles. The lowest BCUT2D eigenvalue weighted by Crippen LogP contribution is -2.51.